The van der Waals surface area contributed by atoms with Crippen LogP contribution >= 0.6 is 12.4 Å². The Bertz CT molecular complexity index is 778. The van der Waals surface area contributed by atoms with Crippen LogP contribution in [0, 0.1) is 0 Å². The number of hydrogen-bond donors (Lipinski definition) is 1. The number of halogens is 1. The van der Waals surface area contributed by atoms with E-state index in [0.29, 0.717) is 17.9 Å². The van der Waals surface area contributed by atoms with Gasteiger partial charge in [0, 0.05) is 6.54 Å². The topological polar surface area (TPSA) is 57.6 Å². The molecule has 1 aliphatic rings. The fraction of sp³-hybridized carbons (Fsp3) is 0.400. The Morgan fingerprint density at radius 3 is 2.38 bits per heavy atom. The van der Waals surface area contributed by atoms with Gasteiger partial charge in [0.15, 0.2) is 9.84 Å². The lowest BCUT2D eigenvalue weighted by molar-refractivity contribution is 0.330. The Balaban J connectivity index is 0.00000243. The van der Waals surface area contributed by atoms with Crippen molar-refractivity contribution in [1.82, 2.24) is 4.90 Å². The number of aromatic hydroxyl groups is 1. The number of sulfone groups is 1. The van der Waals surface area contributed by atoms with Crippen molar-refractivity contribution in [3.63, 3.8) is 0 Å². The highest BCUT2D eigenvalue weighted by molar-refractivity contribution is 7.92. The molecule has 0 unspecified atom stereocenters. The second-order valence-electron chi connectivity index (χ2n) is 6.69. The first-order valence-electron chi connectivity index (χ1n) is 8.85. The van der Waals surface area contributed by atoms with Gasteiger partial charge in [0.25, 0.3) is 0 Å². The molecule has 0 radical (unpaired) electrons. The largest absolute Gasteiger partial charge is 0.508 e. The van der Waals surface area contributed by atoms with E-state index < -0.39 is 9.84 Å². The van der Waals surface area contributed by atoms with Crippen LogP contribution in [-0.2, 0) is 16.3 Å². The number of phenols is 1. The van der Waals surface area contributed by atoms with Gasteiger partial charge in [0.1, 0.15) is 5.75 Å². The molecule has 0 amide bonds. The average Bonchev–Trinajstić information content (AvgIpc) is 3.10. The summed E-state index contributed by atoms with van der Waals surface area (Å²) in [5.41, 5.74) is 1.36. The molecule has 4 nitrogen and oxygen atoms in total. The molecule has 0 aromatic heterocycles. The Morgan fingerprint density at radius 1 is 1.00 bits per heavy atom. The molecule has 0 spiro atoms. The minimum absolute atomic E-state index is 0. The molecule has 142 valence electrons. The molecule has 0 bridgehead atoms. The summed E-state index contributed by atoms with van der Waals surface area (Å²) in [6, 6.07) is 16.3. The van der Waals surface area contributed by atoms with Crippen LogP contribution in [0.3, 0.4) is 0 Å². The van der Waals surface area contributed by atoms with Gasteiger partial charge in [-0.2, -0.15) is 0 Å². The van der Waals surface area contributed by atoms with E-state index >= 15 is 0 Å². The number of aryl methyl sites for hydroxylation is 1. The standard InChI is InChI=1S/C20H25NO3S.ClH/c22-18-9-11-19(12-10-18)25(23,24)20-13-15-21(16-20)14-5-4-8-17-6-2-1-3-7-17;/h1-3,6-7,9-12,20,22H,4-5,8,13-16H2;1H/t20-;/m1./s1. The minimum Gasteiger partial charge on any atom is -0.508 e. The SMILES string of the molecule is Cl.O=S(=O)(c1ccc(O)cc1)[C@@H]1CCN(CCCCc2ccccc2)C1. The third-order valence-electron chi connectivity index (χ3n) is 4.87. The molecule has 0 aliphatic carbocycles. The van der Waals surface area contributed by atoms with E-state index in [0.717, 1.165) is 32.4 Å². The van der Waals surface area contributed by atoms with Crippen LogP contribution in [0.25, 0.3) is 0 Å². The maximum absolute atomic E-state index is 12.7. The summed E-state index contributed by atoms with van der Waals surface area (Å²) in [4.78, 5) is 2.56. The lowest BCUT2D eigenvalue weighted by Crippen LogP contribution is -2.27. The van der Waals surface area contributed by atoms with E-state index in [-0.39, 0.29) is 23.4 Å². The molecule has 2 aromatic carbocycles. The van der Waals surface area contributed by atoms with Crippen molar-refractivity contribution in [2.75, 3.05) is 19.6 Å². The van der Waals surface area contributed by atoms with Gasteiger partial charge in [0.2, 0.25) is 0 Å². The highest BCUT2D eigenvalue weighted by Gasteiger charge is 2.33. The van der Waals surface area contributed by atoms with Crippen LogP contribution in [0.4, 0.5) is 0 Å². The molecule has 1 fully saturated rings. The minimum atomic E-state index is -3.31. The molecule has 1 N–H and O–H groups in total. The van der Waals surface area contributed by atoms with E-state index in [1.807, 2.05) is 6.07 Å². The fourth-order valence-corrected chi connectivity index (χ4v) is 5.11. The third kappa shape index (κ3) is 5.22. The second kappa shape index (κ2) is 9.40. The van der Waals surface area contributed by atoms with Gasteiger partial charge < -0.3 is 10.0 Å². The molecule has 1 aliphatic heterocycles. The number of benzene rings is 2. The number of phenolic OH excluding ortho intramolecular Hbond substituents is 1. The van der Waals surface area contributed by atoms with E-state index in [1.165, 1.54) is 29.8 Å². The van der Waals surface area contributed by atoms with Gasteiger partial charge in [-0.25, -0.2) is 8.42 Å². The normalized spacial score (nSPS) is 17.8. The van der Waals surface area contributed by atoms with Gasteiger partial charge in [-0.3, -0.25) is 0 Å². The van der Waals surface area contributed by atoms with Crippen molar-refractivity contribution in [1.29, 1.82) is 0 Å². The molecule has 1 saturated heterocycles. The summed E-state index contributed by atoms with van der Waals surface area (Å²) in [7, 11) is -3.31. The van der Waals surface area contributed by atoms with Crippen molar-refractivity contribution in [3.8, 4) is 5.75 Å². The lowest BCUT2D eigenvalue weighted by atomic mass is 10.1. The summed E-state index contributed by atoms with van der Waals surface area (Å²) >= 11 is 0. The van der Waals surface area contributed by atoms with Crippen molar-refractivity contribution < 1.29 is 13.5 Å². The first-order valence-corrected chi connectivity index (χ1v) is 10.4. The Labute approximate surface area is 162 Å². The highest BCUT2D eigenvalue weighted by Crippen LogP contribution is 2.25. The van der Waals surface area contributed by atoms with Crippen LogP contribution in [0.5, 0.6) is 5.75 Å². The molecular weight excluding hydrogens is 370 g/mol. The lowest BCUT2D eigenvalue weighted by Gasteiger charge is -2.16. The summed E-state index contributed by atoms with van der Waals surface area (Å²) < 4.78 is 25.4. The van der Waals surface area contributed by atoms with Gasteiger partial charge >= 0.3 is 0 Å². The van der Waals surface area contributed by atoms with Gasteiger partial charge in [-0.05, 0) is 68.6 Å². The van der Waals surface area contributed by atoms with E-state index in [1.54, 1.807) is 0 Å². The van der Waals surface area contributed by atoms with Crippen LogP contribution < -0.4 is 0 Å². The Morgan fingerprint density at radius 2 is 1.69 bits per heavy atom. The predicted octanol–water partition coefficient (Wildman–Crippen LogP) is 3.68. The van der Waals surface area contributed by atoms with Crippen LogP contribution in [0.1, 0.15) is 24.8 Å². The molecule has 1 atom stereocenters. The monoisotopic (exact) mass is 395 g/mol. The second-order valence-corrected chi connectivity index (χ2v) is 8.92. The van der Waals surface area contributed by atoms with Crippen molar-refractivity contribution in [2.24, 2.45) is 0 Å². The fourth-order valence-electron chi connectivity index (χ4n) is 3.39. The zero-order valence-corrected chi connectivity index (χ0v) is 16.4. The predicted molar refractivity (Wildman–Crippen MR) is 107 cm³/mol. The molecule has 6 heteroatoms. The smallest absolute Gasteiger partial charge is 0.182 e. The first-order chi connectivity index (χ1) is 12.1. The van der Waals surface area contributed by atoms with E-state index in [9.17, 15) is 13.5 Å². The van der Waals surface area contributed by atoms with Gasteiger partial charge in [-0.15, -0.1) is 12.4 Å². The summed E-state index contributed by atoms with van der Waals surface area (Å²) in [5, 5.41) is 8.99. The quantitative estimate of drug-likeness (QED) is 0.726. The first kappa shape index (κ1) is 20.7. The van der Waals surface area contributed by atoms with Gasteiger partial charge in [0.05, 0.1) is 10.1 Å². The van der Waals surface area contributed by atoms with Crippen molar-refractivity contribution in [3.05, 3.63) is 60.2 Å². The zero-order chi connectivity index (χ0) is 17.7. The molecule has 26 heavy (non-hydrogen) atoms. The Hall–Kier alpha value is -1.56. The summed E-state index contributed by atoms with van der Waals surface area (Å²) in [5.74, 6) is 0.0883. The molecule has 0 saturated carbocycles. The van der Waals surface area contributed by atoms with E-state index in [2.05, 4.69) is 29.2 Å². The molecular formula is C20H26ClNO3S. The van der Waals surface area contributed by atoms with Crippen molar-refractivity contribution >= 4 is 22.2 Å². The van der Waals surface area contributed by atoms with Crippen molar-refractivity contribution in [2.45, 2.75) is 35.8 Å². The Kier molecular flexibility index (Phi) is 7.50. The number of likely N-dealkylation sites (tertiary alicyclic amines) is 1. The van der Waals surface area contributed by atoms with Gasteiger partial charge in [-0.1, -0.05) is 30.3 Å². The van der Waals surface area contributed by atoms with Crippen LogP contribution in [-0.4, -0.2) is 43.3 Å². The molecule has 1 heterocycles. The molecule has 2 aromatic rings. The maximum Gasteiger partial charge on any atom is 0.182 e. The average molecular weight is 396 g/mol. The summed E-state index contributed by atoms with van der Waals surface area (Å²) in [6.07, 6.45) is 3.96. The zero-order valence-electron chi connectivity index (χ0n) is 14.8. The number of hydrogen-bond acceptors (Lipinski definition) is 4. The molecule has 3 rings (SSSR count). The third-order valence-corrected chi connectivity index (χ3v) is 7.06. The van der Waals surface area contributed by atoms with E-state index in [4.69, 9.17) is 0 Å². The van der Waals surface area contributed by atoms with Crippen LogP contribution in [0.2, 0.25) is 0 Å². The maximum atomic E-state index is 12.7. The number of unbranched alkanes of at least 4 members (excludes halogenated alkanes) is 1. The highest BCUT2D eigenvalue weighted by atomic mass is 35.5. The summed E-state index contributed by atoms with van der Waals surface area (Å²) in [6.45, 7) is 2.40. The number of nitrogens with zero attached hydrogens (tertiary/aromatic N) is 1. The van der Waals surface area contributed by atoms with Crippen LogP contribution in [0.15, 0.2) is 59.5 Å². The number of rotatable bonds is 7.